The number of rotatable bonds is 5. The Balaban J connectivity index is 1.43. The van der Waals surface area contributed by atoms with E-state index < -0.39 is 10.0 Å². The van der Waals surface area contributed by atoms with Crippen molar-refractivity contribution in [3.63, 3.8) is 0 Å². The second-order valence-corrected chi connectivity index (χ2v) is 11.3. The van der Waals surface area contributed by atoms with E-state index in [1.807, 2.05) is 31.3 Å². The monoisotopic (exact) mass is 477 g/mol. The summed E-state index contributed by atoms with van der Waals surface area (Å²) in [5.41, 5.74) is 4.23. The van der Waals surface area contributed by atoms with Crippen molar-refractivity contribution in [1.82, 2.24) is 14.2 Å². The van der Waals surface area contributed by atoms with Crippen molar-refractivity contribution in [2.45, 2.75) is 42.7 Å². The Morgan fingerprint density at radius 2 is 1.79 bits per heavy atom. The van der Waals surface area contributed by atoms with Gasteiger partial charge in [0.25, 0.3) is 0 Å². The third kappa shape index (κ3) is 4.29. The van der Waals surface area contributed by atoms with Crippen molar-refractivity contribution in [3.05, 3.63) is 84.2 Å². The molecule has 1 N–H and O–H groups in total. The van der Waals surface area contributed by atoms with Gasteiger partial charge in [-0.05, 0) is 66.8 Å². The van der Waals surface area contributed by atoms with Crippen LogP contribution in [0.1, 0.15) is 29.9 Å². The van der Waals surface area contributed by atoms with Crippen LogP contribution < -0.4 is 0 Å². The molecular formula is C27H31N3O3S. The number of pyridine rings is 1. The lowest BCUT2D eigenvalue weighted by Crippen LogP contribution is -2.67. The highest BCUT2D eigenvalue weighted by atomic mass is 32.2. The van der Waals surface area contributed by atoms with E-state index in [4.69, 9.17) is 0 Å². The zero-order valence-electron chi connectivity index (χ0n) is 19.4. The zero-order valence-corrected chi connectivity index (χ0v) is 20.2. The highest BCUT2D eigenvalue weighted by molar-refractivity contribution is 7.89. The lowest BCUT2D eigenvalue weighted by atomic mass is 9.74. The molecule has 0 bridgehead atoms. The van der Waals surface area contributed by atoms with Gasteiger partial charge in [0.2, 0.25) is 10.0 Å². The predicted molar refractivity (Wildman–Crippen MR) is 133 cm³/mol. The van der Waals surface area contributed by atoms with Gasteiger partial charge in [-0.1, -0.05) is 42.5 Å². The number of aliphatic hydroxyl groups excluding tert-OH is 1. The topological polar surface area (TPSA) is 73.7 Å². The van der Waals surface area contributed by atoms with Gasteiger partial charge in [-0.25, -0.2) is 8.42 Å². The first-order valence-electron chi connectivity index (χ1n) is 11.9. The minimum Gasteiger partial charge on any atom is -0.395 e. The lowest BCUT2D eigenvalue weighted by Gasteiger charge is -2.57. The number of benzene rings is 2. The molecule has 34 heavy (non-hydrogen) atoms. The normalized spacial score (nSPS) is 24.0. The molecule has 0 radical (unpaired) electrons. The molecule has 7 heteroatoms. The average molecular weight is 478 g/mol. The summed E-state index contributed by atoms with van der Waals surface area (Å²) in [5, 5.41) is 10.2. The van der Waals surface area contributed by atoms with E-state index in [2.05, 4.69) is 34.1 Å². The van der Waals surface area contributed by atoms with E-state index in [0.29, 0.717) is 18.0 Å². The Labute approximate surface area is 201 Å². The molecule has 5 rings (SSSR count). The average Bonchev–Trinajstić information content (AvgIpc) is 2.84. The van der Waals surface area contributed by atoms with Gasteiger partial charge in [0, 0.05) is 43.5 Å². The molecular weight excluding hydrogens is 446 g/mol. The Kier molecular flexibility index (Phi) is 6.53. The number of aliphatic hydroxyl groups is 1. The highest BCUT2D eigenvalue weighted by Crippen LogP contribution is 2.43. The SMILES string of the molecule is Cc1cccc(S(=O)(=O)N2CCCCN3[C@H](C2)[C@@H](c2ccc(-c4cccnc4)cc2)[C@@H]3CO)c1. The fraction of sp³-hybridized carbons (Fsp3) is 0.370. The van der Waals surface area contributed by atoms with Gasteiger partial charge in [0.15, 0.2) is 0 Å². The molecule has 6 nitrogen and oxygen atoms in total. The van der Waals surface area contributed by atoms with E-state index in [9.17, 15) is 13.5 Å². The van der Waals surface area contributed by atoms with E-state index in [1.165, 1.54) is 0 Å². The van der Waals surface area contributed by atoms with Crippen molar-refractivity contribution in [1.29, 1.82) is 0 Å². The lowest BCUT2D eigenvalue weighted by molar-refractivity contribution is -0.0553. The van der Waals surface area contributed by atoms with Crippen LogP contribution in [0.2, 0.25) is 0 Å². The van der Waals surface area contributed by atoms with Gasteiger partial charge in [0.1, 0.15) is 0 Å². The number of nitrogens with zero attached hydrogens (tertiary/aromatic N) is 3. The molecule has 0 unspecified atom stereocenters. The summed E-state index contributed by atoms with van der Waals surface area (Å²) in [6, 6.07) is 19.6. The van der Waals surface area contributed by atoms with Crippen LogP contribution in [0.4, 0.5) is 0 Å². The Bertz CT molecular complexity index is 1230. The van der Waals surface area contributed by atoms with Gasteiger partial charge < -0.3 is 5.11 Å². The quantitative estimate of drug-likeness (QED) is 0.607. The summed E-state index contributed by atoms with van der Waals surface area (Å²) in [5.74, 6) is 0.0845. The van der Waals surface area contributed by atoms with Crippen molar-refractivity contribution < 1.29 is 13.5 Å². The van der Waals surface area contributed by atoms with Crippen LogP contribution in [-0.4, -0.2) is 66.0 Å². The molecule has 0 saturated carbocycles. The van der Waals surface area contributed by atoms with E-state index in [1.54, 1.807) is 28.7 Å². The summed E-state index contributed by atoms with van der Waals surface area (Å²) in [4.78, 5) is 6.86. The molecule has 3 heterocycles. The van der Waals surface area contributed by atoms with Crippen LogP contribution >= 0.6 is 0 Å². The summed E-state index contributed by atoms with van der Waals surface area (Å²) in [7, 11) is -3.58. The first-order chi connectivity index (χ1) is 16.5. The van der Waals surface area contributed by atoms with Crippen molar-refractivity contribution in [2.24, 2.45) is 0 Å². The Morgan fingerprint density at radius 3 is 2.50 bits per heavy atom. The minimum atomic E-state index is -3.58. The van der Waals surface area contributed by atoms with Gasteiger partial charge in [-0.3, -0.25) is 9.88 Å². The highest BCUT2D eigenvalue weighted by Gasteiger charge is 2.50. The zero-order chi connectivity index (χ0) is 23.7. The van der Waals surface area contributed by atoms with Crippen LogP contribution in [-0.2, 0) is 10.0 Å². The molecule has 2 saturated heterocycles. The molecule has 0 spiro atoms. The summed E-state index contributed by atoms with van der Waals surface area (Å²) < 4.78 is 28.7. The number of fused-ring (bicyclic) bond motifs is 1. The second-order valence-electron chi connectivity index (χ2n) is 9.33. The molecule has 1 aromatic heterocycles. The maximum Gasteiger partial charge on any atom is 0.243 e. The van der Waals surface area contributed by atoms with Crippen LogP contribution in [0.25, 0.3) is 11.1 Å². The van der Waals surface area contributed by atoms with Crippen molar-refractivity contribution in [3.8, 4) is 11.1 Å². The number of hydrogen-bond donors (Lipinski definition) is 1. The van der Waals surface area contributed by atoms with E-state index >= 15 is 0 Å². The number of hydrogen-bond acceptors (Lipinski definition) is 5. The smallest absolute Gasteiger partial charge is 0.243 e. The van der Waals surface area contributed by atoms with Crippen molar-refractivity contribution in [2.75, 3.05) is 26.2 Å². The Morgan fingerprint density at radius 1 is 1.00 bits per heavy atom. The summed E-state index contributed by atoms with van der Waals surface area (Å²) >= 11 is 0. The largest absolute Gasteiger partial charge is 0.395 e. The van der Waals surface area contributed by atoms with Crippen LogP contribution in [0, 0.1) is 6.92 Å². The van der Waals surface area contributed by atoms with Gasteiger partial charge in [0.05, 0.1) is 11.5 Å². The molecule has 0 aliphatic carbocycles. The summed E-state index contributed by atoms with van der Waals surface area (Å²) in [6.45, 7) is 3.82. The fourth-order valence-electron chi connectivity index (χ4n) is 5.48. The third-order valence-electron chi connectivity index (χ3n) is 7.25. The Hall–Kier alpha value is -2.58. The predicted octanol–water partition coefficient (Wildman–Crippen LogP) is 3.67. The molecule has 2 fully saturated rings. The molecule has 3 aromatic rings. The molecule has 3 atom stereocenters. The second kappa shape index (κ2) is 9.58. The fourth-order valence-corrected chi connectivity index (χ4v) is 7.09. The maximum atomic E-state index is 13.5. The standard InChI is InChI=1S/C27H31N3O3S/c1-20-6-4-8-24(16-20)34(32,33)29-14-2-3-15-30-25(18-29)27(26(30)19-31)22-11-9-21(10-12-22)23-7-5-13-28-17-23/h4-13,16-17,25-27,31H,2-3,14-15,18-19H2,1H3/t25-,26+,27-/m1/s1. The minimum absolute atomic E-state index is 0.0101. The number of sulfonamides is 1. The number of aromatic nitrogens is 1. The summed E-state index contributed by atoms with van der Waals surface area (Å²) in [6.07, 6.45) is 5.34. The van der Waals surface area contributed by atoms with E-state index in [0.717, 1.165) is 41.6 Å². The molecule has 2 aliphatic heterocycles. The van der Waals surface area contributed by atoms with Gasteiger partial charge in [-0.15, -0.1) is 0 Å². The first kappa shape index (κ1) is 23.2. The van der Waals surface area contributed by atoms with E-state index in [-0.39, 0.29) is 24.6 Å². The van der Waals surface area contributed by atoms with Gasteiger partial charge in [-0.2, -0.15) is 4.31 Å². The first-order valence-corrected chi connectivity index (χ1v) is 13.4. The number of aryl methyl sites for hydroxylation is 1. The van der Waals surface area contributed by atoms with Crippen LogP contribution in [0.5, 0.6) is 0 Å². The third-order valence-corrected chi connectivity index (χ3v) is 9.11. The van der Waals surface area contributed by atoms with Gasteiger partial charge >= 0.3 is 0 Å². The maximum absolute atomic E-state index is 13.5. The van der Waals surface area contributed by atoms with Crippen molar-refractivity contribution >= 4 is 10.0 Å². The van der Waals surface area contributed by atoms with Crippen LogP contribution in [0.15, 0.2) is 78.0 Å². The molecule has 2 aliphatic rings. The molecule has 0 amide bonds. The molecule has 178 valence electrons. The molecule has 2 aromatic carbocycles. The van der Waals surface area contributed by atoms with Crippen LogP contribution in [0.3, 0.4) is 0 Å².